The summed E-state index contributed by atoms with van der Waals surface area (Å²) in [5.41, 5.74) is -1.03. The molecule has 20 heavy (non-hydrogen) atoms. The molecule has 0 spiro atoms. The van der Waals surface area contributed by atoms with Gasteiger partial charge in [-0.05, 0) is 38.0 Å². The second kappa shape index (κ2) is 6.79. The number of rotatable bonds is 5. The summed E-state index contributed by atoms with van der Waals surface area (Å²) in [4.78, 5) is 12.1. The number of benzene rings is 1. The predicted octanol–water partition coefficient (Wildman–Crippen LogP) is 4.04. The Balaban J connectivity index is 3.28. The van der Waals surface area contributed by atoms with Crippen LogP contribution in [0.4, 0.5) is 0 Å². The molecule has 5 heteroatoms. The Hall–Kier alpha value is -0.770. The van der Waals surface area contributed by atoms with E-state index in [1.54, 1.807) is 32.0 Å². The molecule has 0 amide bonds. The van der Waals surface area contributed by atoms with Crippen LogP contribution < -0.4 is 0 Å². The molecule has 1 aromatic carbocycles. The largest absolute Gasteiger partial charge is 0.466 e. The molecular formula is C15H20Cl2O3. The van der Waals surface area contributed by atoms with Gasteiger partial charge in [-0.3, -0.25) is 4.79 Å². The summed E-state index contributed by atoms with van der Waals surface area (Å²) >= 11 is 12.1. The Bertz CT molecular complexity index is 484. The van der Waals surface area contributed by atoms with Crippen LogP contribution in [0, 0.1) is 11.8 Å². The fraction of sp³-hybridized carbons (Fsp3) is 0.533. The van der Waals surface area contributed by atoms with Crippen molar-refractivity contribution in [2.75, 3.05) is 6.61 Å². The highest BCUT2D eigenvalue weighted by molar-refractivity contribution is 6.33. The van der Waals surface area contributed by atoms with Crippen molar-refractivity contribution in [1.29, 1.82) is 0 Å². The Labute approximate surface area is 129 Å². The van der Waals surface area contributed by atoms with E-state index in [1.807, 2.05) is 13.8 Å². The van der Waals surface area contributed by atoms with Gasteiger partial charge in [0.25, 0.3) is 0 Å². The van der Waals surface area contributed by atoms with E-state index in [-0.39, 0.29) is 12.5 Å². The first-order valence-electron chi connectivity index (χ1n) is 6.56. The molecule has 1 aromatic rings. The van der Waals surface area contributed by atoms with E-state index in [2.05, 4.69) is 0 Å². The van der Waals surface area contributed by atoms with E-state index in [0.29, 0.717) is 15.6 Å². The summed E-state index contributed by atoms with van der Waals surface area (Å²) in [6, 6.07) is 4.83. The van der Waals surface area contributed by atoms with E-state index in [4.69, 9.17) is 27.9 Å². The lowest BCUT2D eigenvalue weighted by atomic mass is 9.76. The number of carbonyl (C=O) groups excluding carboxylic acids is 1. The Morgan fingerprint density at radius 2 is 2.00 bits per heavy atom. The highest BCUT2D eigenvalue weighted by atomic mass is 35.5. The second-order valence-corrected chi connectivity index (χ2v) is 6.09. The highest BCUT2D eigenvalue weighted by Crippen LogP contribution is 2.39. The van der Waals surface area contributed by atoms with Crippen LogP contribution in [-0.4, -0.2) is 17.7 Å². The topological polar surface area (TPSA) is 46.5 Å². The molecule has 0 aliphatic heterocycles. The molecule has 1 N–H and O–H groups in total. The van der Waals surface area contributed by atoms with Gasteiger partial charge in [-0.2, -0.15) is 0 Å². The zero-order valence-electron chi connectivity index (χ0n) is 12.1. The second-order valence-electron chi connectivity index (χ2n) is 5.25. The minimum Gasteiger partial charge on any atom is -0.466 e. The summed E-state index contributed by atoms with van der Waals surface area (Å²) in [6.07, 6.45) is 0. The zero-order chi connectivity index (χ0) is 15.5. The Morgan fingerprint density at radius 3 is 2.50 bits per heavy atom. The highest BCUT2D eigenvalue weighted by Gasteiger charge is 2.43. The number of halogens is 2. The van der Waals surface area contributed by atoms with Gasteiger partial charge in [0.15, 0.2) is 0 Å². The molecule has 3 nitrogen and oxygen atoms in total. The van der Waals surface area contributed by atoms with E-state index in [9.17, 15) is 9.90 Å². The average molecular weight is 319 g/mol. The molecule has 0 aliphatic rings. The number of hydrogen-bond acceptors (Lipinski definition) is 3. The van der Waals surface area contributed by atoms with Crippen molar-refractivity contribution in [1.82, 2.24) is 0 Å². The van der Waals surface area contributed by atoms with Crippen LogP contribution in [0.25, 0.3) is 0 Å². The lowest BCUT2D eigenvalue weighted by Gasteiger charge is -2.35. The third-order valence-electron chi connectivity index (χ3n) is 3.29. The van der Waals surface area contributed by atoms with Crippen molar-refractivity contribution >= 4 is 29.2 Å². The molecule has 0 bridgehead atoms. The molecule has 0 aliphatic carbocycles. The number of aliphatic hydroxyl groups is 1. The molecule has 2 unspecified atom stereocenters. The summed E-state index contributed by atoms with van der Waals surface area (Å²) in [5.74, 6) is -1.28. The quantitative estimate of drug-likeness (QED) is 0.833. The molecule has 0 saturated carbocycles. The number of hydrogen-bond donors (Lipinski definition) is 1. The first-order chi connectivity index (χ1) is 9.21. The fourth-order valence-corrected chi connectivity index (χ4v) is 2.92. The molecule has 0 fully saturated rings. The summed E-state index contributed by atoms with van der Waals surface area (Å²) in [5, 5.41) is 11.7. The molecule has 1 rings (SSSR count). The van der Waals surface area contributed by atoms with Crippen molar-refractivity contribution in [3.05, 3.63) is 33.8 Å². The zero-order valence-corrected chi connectivity index (χ0v) is 13.6. The van der Waals surface area contributed by atoms with Crippen LogP contribution in [-0.2, 0) is 15.1 Å². The SMILES string of the molecule is CCOC(=O)C(C(C)C)C(C)(O)c1cc(Cl)ccc1Cl. The van der Waals surface area contributed by atoms with Gasteiger partial charge in [-0.1, -0.05) is 37.0 Å². The van der Waals surface area contributed by atoms with Gasteiger partial charge >= 0.3 is 5.97 Å². The molecule has 0 saturated heterocycles. The van der Waals surface area contributed by atoms with Crippen LogP contribution in [0.3, 0.4) is 0 Å². The van der Waals surface area contributed by atoms with Crippen LogP contribution in [0.2, 0.25) is 10.0 Å². The van der Waals surface area contributed by atoms with Gasteiger partial charge in [0.1, 0.15) is 5.60 Å². The molecule has 0 radical (unpaired) electrons. The maximum Gasteiger partial charge on any atom is 0.312 e. The minimum absolute atomic E-state index is 0.112. The first-order valence-corrected chi connectivity index (χ1v) is 7.31. The predicted molar refractivity (Wildman–Crippen MR) is 81.0 cm³/mol. The maximum absolute atomic E-state index is 12.1. The normalized spacial score (nSPS) is 15.8. The van der Waals surface area contributed by atoms with E-state index in [1.165, 1.54) is 0 Å². The van der Waals surface area contributed by atoms with Gasteiger partial charge in [-0.25, -0.2) is 0 Å². The molecule has 112 valence electrons. The summed E-state index contributed by atoms with van der Waals surface area (Å²) in [6.45, 7) is 7.27. The smallest absolute Gasteiger partial charge is 0.312 e. The van der Waals surface area contributed by atoms with Crippen LogP contribution in [0.15, 0.2) is 18.2 Å². The molecule has 2 atom stereocenters. The van der Waals surface area contributed by atoms with Crippen molar-refractivity contribution in [3.8, 4) is 0 Å². The number of carbonyl (C=O) groups is 1. The molecule has 0 aromatic heterocycles. The van der Waals surface area contributed by atoms with E-state index in [0.717, 1.165) is 0 Å². The van der Waals surface area contributed by atoms with Gasteiger partial charge in [-0.15, -0.1) is 0 Å². The third kappa shape index (κ3) is 3.66. The Morgan fingerprint density at radius 1 is 1.40 bits per heavy atom. The summed E-state index contributed by atoms with van der Waals surface area (Å²) in [7, 11) is 0. The van der Waals surface area contributed by atoms with Gasteiger partial charge in [0, 0.05) is 15.6 Å². The lowest BCUT2D eigenvalue weighted by Crippen LogP contribution is -2.41. The fourth-order valence-electron chi connectivity index (χ4n) is 2.44. The maximum atomic E-state index is 12.1. The van der Waals surface area contributed by atoms with Crippen LogP contribution in [0.1, 0.15) is 33.3 Å². The standard InChI is InChI=1S/C15H20Cl2O3/c1-5-20-14(18)13(9(2)3)15(4,19)11-8-10(16)6-7-12(11)17/h6-9,13,19H,5H2,1-4H3. The average Bonchev–Trinajstić information content (AvgIpc) is 2.31. The van der Waals surface area contributed by atoms with Crippen molar-refractivity contribution in [2.24, 2.45) is 11.8 Å². The minimum atomic E-state index is -1.46. The van der Waals surface area contributed by atoms with Crippen LogP contribution >= 0.6 is 23.2 Å². The van der Waals surface area contributed by atoms with Gasteiger partial charge in [0.05, 0.1) is 12.5 Å². The van der Waals surface area contributed by atoms with Crippen molar-refractivity contribution in [2.45, 2.75) is 33.3 Å². The molecular weight excluding hydrogens is 299 g/mol. The van der Waals surface area contributed by atoms with E-state index < -0.39 is 17.5 Å². The molecule has 0 heterocycles. The number of esters is 1. The Kier molecular flexibility index (Phi) is 5.87. The van der Waals surface area contributed by atoms with Crippen molar-refractivity contribution < 1.29 is 14.6 Å². The van der Waals surface area contributed by atoms with Crippen LogP contribution in [0.5, 0.6) is 0 Å². The number of ether oxygens (including phenoxy) is 1. The first kappa shape index (κ1) is 17.3. The van der Waals surface area contributed by atoms with Crippen molar-refractivity contribution in [3.63, 3.8) is 0 Å². The monoisotopic (exact) mass is 318 g/mol. The van der Waals surface area contributed by atoms with Gasteiger partial charge in [0.2, 0.25) is 0 Å². The van der Waals surface area contributed by atoms with E-state index >= 15 is 0 Å². The lowest BCUT2D eigenvalue weighted by molar-refractivity contribution is -0.161. The summed E-state index contributed by atoms with van der Waals surface area (Å²) < 4.78 is 5.07. The third-order valence-corrected chi connectivity index (χ3v) is 3.85. The van der Waals surface area contributed by atoms with Gasteiger partial charge < -0.3 is 9.84 Å².